The Morgan fingerprint density at radius 1 is 0.938 bits per heavy atom. The average Bonchev–Trinajstić information content (AvgIpc) is 2.13. The van der Waals surface area contributed by atoms with Gasteiger partial charge in [-0.25, -0.2) is 0 Å². The maximum Gasteiger partial charge on any atom is 0.0622 e. The monoisotopic (exact) mass is 228 g/mol. The molecular weight excluding hydrogens is 196 g/mol. The van der Waals surface area contributed by atoms with Gasteiger partial charge in [-0.2, -0.15) is 0 Å². The zero-order valence-electron chi connectivity index (χ0n) is 12.5. The number of hydrogen-bond acceptors (Lipinski definition) is 1. The molecule has 0 saturated heterocycles. The molecule has 0 fully saturated rings. The van der Waals surface area contributed by atoms with Crippen molar-refractivity contribution in [3.05, 3.63) is 0 Å². The molecule has 0 heterocycles. The van der Waals surface area contributed by atoms with Gasteiger partial charge in [-0.3, -0.25) is 0 Å². The smallest absolute Gasteiger partial charge is 0.0622 e. The third-order valence-electron chi connectivity index (χ3n) is 3.42. The van der Waals surface area contributed by atoms with Gasteiger partial charge in [0.05, 0.1) is 5.60 Å². The Bertz CT molecular complexity index is 176. The molecule has 0 aliphatic rings. The summed E-state index contributed by atoms with van der Waals surface area (Å²) in [5, 5.41) is 0. The van der Waals surface area contributed by atoms with Gasteiger partial charge >= 0.3 is 0 Å². The van der Waals surface area contributed by atoms with Crippen molar-refractivity contribution in [2.24, 2.45) is 11.3 Å². The summed E-state index contributed by atoms with van der Waals surface area (Å²) in [5.41, 5.74) is 0.545. The van der Waals surface area contributed by atoms with Crippen LogP contribution in [-0.4, -0.2) is 12.7 Å². The Kier molecular flexibility index (Phi) is 6.62. The van der Waals surface area contributed by atoms with Gasteiger partial charge < -0.3 is 4.74 Å². The van der Waals surface area contributed by atoms with Crippen LogP contribution in [0.1, 0.15) is 73.6 Å². The topological polar surface area (TPSA) is 9.23 Å². The highest BCUT2D eigenvalue weighted by molar-refractivity contribution is 4.69. The van der Waals surface area contributed by atoms with Crippen LogP contribution in [0.4, 0.5) is 0 Å². The summed E-state index contributed by atoms with van der Waals surface area (Å²) in [6.45, 7) is 13.7. The first-order valence-electron chi connectivity index (χ1n) is 6.71. The first kappa shape index (κ1) is 16.0. The fourth-order valence-electron chi connectivity index (χ4n) is 1.80. The number of rotatable bonds is 7. The van der Waals surface area contributed by atoms with Crippen LogP contribution in [0.5, 0.6) is 0 Å². The van der Waals surface area contributed by atoms with Crippen LogP contribution >= 0.6 is 0 Å². The quantitative estimate of drug-likeness (QED) is 0.593. The van der Waals surface area contributed by atoms with Crippen LogP contribution < -0.4 is 0 Å². The van der Waals surface area contributed by atoms with Crippen LogP contribution in [-0.2, 0) is 4.74 Å². The molecule has 0 aromatic carbocycles. The SMILES string of the molecule is COC(C)(C)CCCC(C)CCC(C)(C)C. The first-order chi connectivity index (χ1) is 7.16. The third-order valence-corrected chi connectivity index (χ3v) is 3.42. The van der Waals surface area contributed by atoms with E-state index in [4.69, 9.17) is 4.74 Å². The molecule has 0 rings (SSSR count). The van der Waals surface area contributed by atoms with Gasteiger partial charge in [0.15, 0.2) is 0 Å². The van der Waals surface area contributed by atoms with Crippen LogP contribution in [0.25, 0.3) is 0 Å². The van der Waals surface area contributed by atoms with E-state index >= 15 is 0 Å². The fourth-order valence-corrected chi connectivity index (χ4v) is 1.80. The highest BCUT2D eigenvalue weighted by atomic mass is 16.5. The molecule has 0 amide bonds. The summed E-state index contributed by atoms with van der Waals surface area (Å²) in [6.07, 6.45) is 6.48. The second kappa shape index (κ2) is 6.64. The molecule has 0 aliphatic heterocycles. The highest BCUT2D eigenvalue weighted by Crippen LogP contribution is 2.26. The molecule has 98 valence electrons. The molecule has 1 nitrogen and oxygen atoms in total. The molecule has 1 heteroatoms. The lowest BCUT2D eigenvalue weighted by molar-refractivity contribution is 0.0126. The molecule has 0 aromatic heterocycles. The number of methoxy groups -OCH3 is 1. The third kappa shape index (κ3) is 9.21. The van der Waals surface area contributed by atoms with Crippen LogP contribution in [0, 0.1) is 11.3 Å². The van der Waals surface area contributed by atoms with E-state index in [9.17, 15) is 0 Å². The molecule has 0 saturated carbocycles. The molecule has 1 unspecified atom stereocenters. The minimum absolute atomic E-state index is 0.0593. The van der Waals surface area contributed by atoms with Gasteiger partial charge in [0, 0.05) is 7.11 Å². The Morgan fingerprint density at radius 3 is 1.94 bits per heavy atom. The predicted octanol–water partition coefficient (Wildman–Crippen LogP) is 5.04. The minimum Gasteiger partial charge on any atom is -0.379 e. The van der Waals surface area contributed by atoms with Crippen LogP contribution in [0.2, 0.25) is 0 Å². The molecular formula is C15H32O. The Hall–Kier alpha value is -0.0400. The van der Waals surface area contributed by atoms with Crippen molar-refractivity contribution in [2.75, 3.05) is 7.11 Å². The average molecular weight is 228 g/mol. The Labute approximate surface area is 103 Å². The van der Waals surface area contributed by atoms with Crippen molar-refractivity contribution < 1.29 is 4.74 Å². The Balaban J connectivity index is 3.63. The van der Waals surface area contributed by atoms with E-state index in [-0.39, 0.29) is 5.60 Å². The molecule has 16 heavy (non-hydrogen) atoms. The molecule has 0 aromatic rings. The maximum atomic E-state index is 5.43. The number of ether oxygens (including phenoxy) is 1. The van der Waals surface area contributed by atoms with Gasteiger partial charge in [0.1, 0.15) is 0 Å². The molecule has 0 radical (unpaired) electrons. The van der Waals surface area contributed by atoms with Crippen molar-refractivity contribution >= 4 is 0 Å². The molecule has 0 aliphatic carbocycles. The zero-order chi connectivity index (χ0) is 12.8. The van der Waals surface area contributed by atoms with Crippen molar-refractivity contribution in [1.82, 2.24) is 0 Å². The van der Waals surface area contributed by atoms with Gasteiger partial charge in [0.2, 0.25) is 0 Å². The highest BCUT2D eigenvalue weighted by Gasteiger charge is 2.17. The van der Waals surface area contributed by atoms with Crippen LogP contribution in [0.3, 0.4) is 0 Å². The minimum atomic E-state index is 0.0593. The van der Waals surface area contributed by atoms with Gasteiger partial charge in [-0.15, -0.1) is 0 Å². The van der Waals surface area contributed by atoms with E-state index in [0.29, 0.717) is 5.41 Å². The molecule has 0 spiro atoms. The maximum absolute atomic E-state index is 5.43. The van der Waals surface area contributed by atoms with E-state index in [2.05, 4.69) is 41.5 Å². The van der Waals surface area contributed by atoms with E-state index < -0.39 is 0 Å². The van der Waals surface area contributed by atoms with Gasteiger partial charge in [0.25, 0.3) is 0 Å². The summed E-state index contributed by atoms with van der Waals surface area (Å²) in [4.78, 5) is 0. The fraction of sp³-hybridized carbons (Fsp3) is 1.00. The second-order valence-electron chi connectivity index (χ2n) is 7.06. The van der Waals surface area contributed by atoms with Crippen molar-refractivity contribution in [2.45, 2.75) is 79.2 Å². The van der Waals surface area contributed by atoms with Crippen molar-refractivity contribution in [1.29, 1.82) is 0 Å². The largest absolute Gasteiger partial charge is 0.379 e. The molecule has 0 bridgehead atoms. The molecule has 1 atom stereocenters. The zero-order valence-corrected chi connectivity index (χ0v) is 12.5. The normalized spacial score (nSPS) is 15.2. The summed E-state index contributed by atoms with van der Waals surface area (Å²) in [6, 6.07) is 0. The summed E-state index contributed by atoms with van der Waals surface area (Å²) >= 11 is 0. The lowest BCUT2D eigenvalue weighted by Gasteiger charge is -2.24. The summed E-state index contributed by atoms with van der Waals surface area (Å²) in [7, 11) is 1.81. The molecule has 0 N–H and O–H groups in total. The Morgan fingerprint density at radius 2 is 1.50 bits per heavy atom. The van der Waals surface area contributed by atoms with E-state index in [0.717, 1.165) is 5.92 Å². The lowest BCUT2D eigenvalue weighted by atomic mass is 9.85. The lowest BCUT2D eigenvalue weighted by Crippen LogP contribution is -2.22. The summed E-state index contributed by atoms with van der Waals surface area (Å²) in [5.74, 6) is 0.854. The second-order valence-corrected chi connectivity index (χ2v) is 7.06. The predicted molar refractivity (Wildman–Crippen MR) is 72.8 cm³/mol. The summed E-state index contributed by atoms with van der Waals surface area (Å²) < 4.78 is 5.43. The van der Waals surface area contributed by atoms with Crippen molar-refractivity contribution in [3.8, 4) is 0 Å². The first-order valence-corrected chi connectivity index (χ1v) is 6.71. The van der Waals surface area contributed by atoms with E-state index in [1.165, 1.54) is 32.1 Å². The van der Waals surface area contributed by atoms with Gasteiger partial charge in [-0.1, -0.05) is 47.0 Å². The van der Waals surface area contributed by atoms with E-state index in [1.54, 1.807) is 0 Å². The van der Waals surface area contributed by atoms with Gasteiger partial charge in [-0.05, 0) is 38.0 Å². The number of hydrogen-bond donors (Lipinski definition) is 0. The van der Waals surface area contributed by atoms with Crippen LogP contribution in [0.15, 0.2) is 0 Å². The standard InChI is InChI=1S/C15H32O/c1-13(10-12-14(2,3)4)9-8-11-15(5,6)16-7/h13H,8-12H2,1-7H3. The van der Waals surface area contributed by atoms with E-state index in [1.807, 2.05) is 7.11 Å². The van der Waals surface area contributed by atoms with Crippen molar-refractivity contribution in [3.63, 3.8) is 0 Å².